The van der Waals surface area contributed by atoms with E-state index >= 15 is 0 Å². The van der Waals surface area contributed by atoms with Gasteiger partial charge in [-0.2, -0.15) is 0 Å². The van der Waals surface area contributed by atoms with Crippen molar-refractivity contribution in [2.24, 2.45) is 5.92 Å². The topological polar surface area (TPSA) is 23.1 Å². The Morgan fingerprint density at radius 2 is 1.69 bits per heavy atom. The molecule has 1 unspecified atom stereocenters. The van der Waals surface area contributed by atoms with E-state index in [1.807, 2.05) is 19.1 Å². The third-order valence-electron chi connectivity index (χ3n) is 2.48. The van der Waals surface area contributed by atoms with Gasteiger partial charge in [0.15, 0.2) is 0 Å². The van der Waals surface area contributed by atoms with Gasteiger partial charge in [-0.3, -0.25) is 0 Å². The summed E-state index contributed by atoms with van der Waals surface area (Å²) in [4.78, 5) is 0. The normalized spacial score (nSPS) is 12.0. The van der Waals surface area contributed by atoms with E-state index in [9.17, 15) is 5.11 Å². The SMILES string of the molecule is CC(C)Cc1ccc(C(C)C([O-])=S)cc1.[Na+]. The standard InChI is InChI=1S/C13H18OS.Na/c1-9(2)8-11-4-6-12(7-5-11)10(3)13(14)15;/h4-7,9-10H,8H2,1-3H3,(H,14,15);/q;+1/p-1. The maximum Gasteiger partial charge on any atom is 1.00 e. The minimum atomic E-state index is -0.188. The summed E-state index contributed by atoms with van der Waals surface area (Å²) in [5.74, 6) is 0.502. The first-order valence-corrected chi connectivity index (χ1v) is 5.71. The van der Waals surface area contributed by atoms with Gasteiger partial charge < -0.3 is 5.11 Å². The zero-order valence-electron chi connectivity index (χ0n) is 10.5. The quantitative estimate of drug-likeness (QED) is 0.535. The van der Waals surface area contributed by atoms with Crippen LogP contribution in [-0.2, 0) is 6.42 Å². The fourth-order valence-corrected chi connectivity index (χ4v) is 1.69. The number of benzene rings is 1. The zero-order valence-corrected chi connectivity index (χ0v) is 13.3. The molecule has 1 nitrogen and oxygen atoms in total. The molecule has 1 atom stereocenters. The molecule has 3 heteroatoms. The van der Waals surface area contributed by atoms with Crippen LogP contribution in [0.1, 0.15) is 37.8 Å². The van der Waals surface area contributed by atoms with Crippen LogP contribution < -0.4 is 34.7 Å². The van der Waals surface area contributed by atoms with Gasteiger partial charge in [-0.25, -0.2) is 0 Å². The van der Waals surface area contributed by atoms with Gasteiger partial charge in [0.25, 0.3) is 0 Å². The summed E-state index contributed by atoms with van der Waals surface area (Å²) in [5.41, 5.74) is 2.33. The summed E-state index contributed by atoms with van der Waals surface area (Å²) in [6, 6.07) is 8.19. The maximum atomic E-state index is 11.0. The molecule has 0 heterocycles. The van der Waals surface area contributed by atoms with Gasteiger partial charge in [0, 0.05) is 5.92 Å². The third kappa shape index (κ3) is 4.96. The van der Waals surface area contributed by atoms with Crippen LogP contribution in [0, 0.1) is 5.92 Å². The zero-order chi connectivity index (χ0) is 11.4. The maximum absolute atomic E-state index is 11.0. The van der Waals surface area contributed by atoms with Crippen molar-refractivity contribution >= 4 is 17.3 Å². The molecule has 0 spiro atoms. The third-order valence-corrected chi connectivity index (χ3v) is 2.83. The molecule has 0 bridgehead atoms. The van der Waals surface area contributed by atoms with Gasteiger partial charge >= 0.3 is 29.6 Å². The Kier molecular flexibility index (Phi) is 7.49. The van der Waals surface area contributed by atoms with Crippen LogP contribution >= 0.6 is 12.2 Å². The van der Waals surface area contributed by atoms with Gasteiger partial charge in [0.1, 0.15) is 0 Å². The summed E-state index contributed by atoms with van der Waals surface area (Å²) in [6.45, 7) is 6.25. The second-order valence-electron chi connectivity index (χ2n) is 4.38. The Labute approximate surface area is 126 Å². The van der Waals surface area contributed by atoms with E-state index in [2.05, 4.69) is 38.2 Å². The Bertz CT molecular complexity index is 332. The first-order valence-electron chi connectivity index (χ1n) is 5.30. The molecule has 0 fully saturated rings. The van der Waals surface area contributed by atoms with E-state index in [-0.39, 0.29) is 40.5 Å². The Hall–Kier alpha value is 0.110. The Balaban J connectivity index is 0.00000225. The van der Waals surface area contributed by atoms with Crippen LogP contribution in [-0.4, -0.2) is 5.05 Å². The van der Waals surface area contributed by atoms with Gasteiger partial charge in [0.05, 0.1) is 0 Å². The molecule has 0 saturated carbocycles. The number of hydrogen-bond donors (Lipinski definition) is 0. The van der Waals surface area contributed by atoms with E-state index < -0.39 is 0 Å². The monoisotopic (exact) mass is 244 g/mol. The van der Waals surface area contributed by atoms with Crippen LogP contribution in [0.5, 0.6) is 0 Å². The molecular formula is C13H17NaOS. The molecule has 0 saturated heterocycles. The largest absolute Gasteiger partial charge is 1.00 e. The molecule has 0 amide bonds. The summed E-state index contributed by atoms with van der Waals surface area (Å²) in [6.07, 6.45) is 1.08. The van der Waals surface area contributed by atoms with Crippen LogP contribution in [0.3, 0.4) is 0 Å². The summed E-state index contributed by atoms with van der Waals surface area (Å²) in [7, 11) is 0. The van der Waals surface area contributed by atoms with Crippen LogP contribution in [0.2, 0.25) is 0 Å². The van der Waals surface area contributed by atoms with Crippen molar-refractivity contribution in [3.05, 3.63) is 35.4 Å². The van der Waals surface area contributed by atoms with Crippen molar-refractivity contribution in [3.8, 4) is 0 Å². The molecule has 0 radical (unpaired) electrons. The average molecular weight is 244 g/mol. The van der Waals surface area contributed by atoms with E-state index in [0.717, 1.165) is 12.0 Å². The van der Waals surface area contributed by atoms with Crippen molar-refractivity contribution in [1.29, 1.82) is 0 Å². The van der Waals surface area contributed by atoms with Gasteiger partial charge in [0.2, 0.25) is 0 Å². The van der Waals surface area contributed by atoms with Crippen molar-refractivity contribution in [2.45, 2.75) is 33.1 Å². The summed E-state index contributed by atoms with van der Waals surface area (Å²) < 4.78 is 0. The molecule has 82 valence electrons. The van der Waals surface area contributed by atoms with Crippen molar-refractivity contribution in [3.63, 3.8) is 0 Å². The molecule has 1 aromatic carbocycles. The fourth-order valence-electron chi connectivity index (χ4n) is 1.55. The molecular weight excluding hydrogens is 227 g/mol. The minimum Gasteiger partial charge on any atom is -0.867 e. The second kappa shape index (κ2) is 7.44. The van der Waals surface area contributed by atoms with Crippen molar-refractivity contribution < 1.29 is 34.7 Å². The predicted octanol–water partition coefficient (Wildman–Crippen LogP) is -0.320. The van der Waals surface area contributed by atoms with Gasteiger partial charge in [-0.15, -0.1) is 12.2 Å². The molecule has 1 rings (SSSR count). The smallest absolute Gasteiger partial charge is 0.867 e. The second-order valence-corrected chi connectivity index (χ2v) is 4.78. The number of hydrogen-bond acceptors (Lipinski definition) is 2. The fraction of sp³-hybridized carbons (Fsp3) is 0.462. The average Bonchev–Trinajstić information content (AvgIpc) is 2.17. The molecule has 1 aromatic rings. The predicted molar refractivity (Wildman–Crippen MR) is 66.0 cm³/mol. The number of rotatable bonds is 4. The van der Waals surface area contributed by atoms with Crippen LogP contribution in [0.15, 0.2) is 24.3 Å². The molecule has 0 N–H and O–H groups in total. The first-order chi connectivity index (χ1) is 7.00. The van der Waals surface area contributed by atoms with E-state index in [1.165, 1.54) is 5.56 Å². The molecule has 0 aromatic heterocycles. The van der Waals surface area contributed by atoms with Crippen molar-refractivity contribution in [1.82, 2.24) is 0 Å². The van der Waals surface area contributed by atoms with E-state index in [0.29, 0.717) is 5.92 Å². The number of thiocarbonyl (C=S) groups is 1. The molecule has 16 heavy (non-hydrogen) atoms. The Morgan fingerprint density at radius 1 is 1.19 bits per heavy atom. The van der Waals surface area contributed by atoms with Gasteiger partial charge in [-0.1, -0.05) is 50.1 Å². The minimum absolute atomic E-state index is 0. The van der Waals surface area contributed by atoms with E-state index in [4.69, 9.17) is 0 Å². The summed E-state index contributed by atoms with van der Waals surface area (Å²) >= 11 is 4.65. The Morgan fingerprint density at radius 3 is 2.06 bits per heavy atom. The first kappa shape index (κ1) is 16.1. The van der Waals surface area contributed by atoms with Gasteiger partial charge in [-0.05, 0) is 23.5 Å². The van der Waals surface area contributed by atoms with Crippen molar-refractivity contribution in [2.75, 3.05) is 0 Å². The molecule has 0 aliphatic carbocycles. The van der Waals surface area contributed by atoms with E-state index in [1.54, 1.807) is 0 Å². The molecule has 0 aliphatic rings. The molecule has 0 aliphatic heterocycles. The van der Waals surface area contributed by atoms with Crippen LogP contribution in [0.25, 0.3) is 0 Å². The summed E-state index contributed by atoms with van der Waals surface area (Å²) in [5, 5.41) is 10.8. The van der Waals surface area contributed by atoms with Crippen LogP contribution in [0.4, 0.5) is 0 Å².